The van der Waals surface area contributed by atoms with Gasteiger partial charge in [-0.25, -0.2) is 0 Å². The highest BCUT2D eigenvalue weighted by atomic mass is 16.3. The van der Waals surface area contributed by atoms with Crippen molar-refractivity contribution in [3.8, 4) is 0 Å². The van der Waals surface area contributed by atoms with Gasteiger partial charge >= 0.3 is 0 Å². The van der Waals surface area contributed by atoms with E-state index in [1.165, 1.54) is 5.57 Å². The second kappa shape index (κ2) is 6.72. The van der Waals surface area contributed by atoms with Crippen molar-refractivity contribution in [2.75, 3.05) is 0 Å². The maximum atomic E-state index is 10.7. The van der Waals surface area contributed by atoms with Crippen LogP contribution in [0.25, 0.3) is 0 Å². The minimum atomic E-state index is -0.568. The van der Waals surface area contributed by atoms with Crippen molar-refractivity contribution in [3.05, 3.63) is 34.9 Å². The maximum absolute atomic E-state index is 10.7. The summed E-state index contributed by atoms with van der Waals surface area (Å²) in [7, 11) is 0. The summed E-state index contributed by atoms with van der Waals surface area (Å²) in [5, 5.41) is 21.0. The summed E-state index contributed by atoms with van der Waals surface area (Å²) >= 11 is 0. The largest absolute Gasteiger partial charge is 0.388 e. The maximum Gasteiger partial charge on any atom is 0.0940 e. The van der Waals surface area contributed by atoms with E-state index in [2.05, 4.69) is 39.8 Å². The molecule has 22 heavy (non-hydrogen) atoms. The van der Waals surface area contributed by atoms with Crippen molar-refractivity contribution < 1.29 is 10.2 Å². The molecular weight excluding hydrogens is 272 g/mol. The van der Waals surface area contributed by atoms with Crippen LogP contribution in [0, 0.1) is 17.3 Å². The molecule has 0 aromatic rings. The van der Waals surface area contributed by atoms with Gasteiger partial charge in [0.25, 0.3) is 0 Å². The van der Waals surface area contributed by atoms with Crippen LogP contribution < -0.4 is 0 Å². The summed E-state index contributed by atoms with van der Waals surface area (Å²) in [5.74, 6) is 1.19. The van der Waals surface area contributed by atoms with Crippen LogP contribution in [0.4, 0.5) is 0 Å². The number of hydrogen-bond acceptors (Lipinski definition) is 2. The van der Waals surface area contributed by atoms with E-state index in [-0.39, 0.29) is 5.41 Å². The number of hydrogen-bond donors (Lipinski definition) is 2. The molecule has 2 rings (SSSR count). The van der Waals surface area contributed by atoms with Crippen molar-refractivity contribution in [3.63, 3.8) is 0 Å². The van der Waals surface area contributed by atoms with Gasteiger partial charge in [-0.2, -0.15) is 0 Å². The third kappa shape index (κ3) is 3.38. The minimum Gasteiger partial charge on any atom is -0.388 e. The van der Waals surface area contributed by atoms with Crippen molar-refractivity contribution >= 4 is 0 Å². The van der Waals surface area contributed by atoms with Crippen molar-refractivity contribution in [2.24, 2.45) is 17.3 Å². The fourth-order valence-corrected chi connectivity index (χ4v) is 4.26. The standard InChI is InChI=1S/C20H32O2/c1-13(2)16-7-8-17-19(22)12-15(4)18(21)9-6-14(3)10-11-20(16,17)5/h6,8,12-13,16,18-19,21-22H,7,9-11H2,1-5H3/b14-6+,15-12+/t16-,18+,19+,20-/m0/s1. The summed E-state index contributed by atoms with van der Waals surface area (Å²) in [4.78, 5) is 0. The highest BCUT2D eigenvalue weighted by molar-refractivity contribution is 5.31. The second-order valence-electron chi connectivity index (χ2n) is 7.82. The molecule has 2 heteroatoms. The Labute approximate surface area is 135 Å². The van der Waals surface area contributed by atoms with Gasteiger partial charge in [0.05, 0.1) is 12.2 Å². The summed E-state index contributed by atoms with van der Waals surface area (Å²) in [6.45, 7) is 11.0. The number of fused-ring (bicyclic) bond motifs is 1. The molecule has 124 valence electrons. The Balaban J connectivity index is 2.41. The van der Waals surface area contributed by atoms with Gasteiger partial charge in [-0.3, -0.25) is 0 Å². The smallest absolute Gasteiger partial charge is 0.0940 e. The Morgan fingerprint density at radius 2 is 1.82 bits per heavy atom. The molecule has 2 nitrogen and oxygen atoms in total. The van der Waals surface area contributed by atoms with Crippen LogP contribution in [-0.2, 0) is 0 Å². The molecule has 0 aromatic carbocycles. The van der Waals surface area contributed by atoms with Crippen LogP contribution >= 0.6 is 0 Å². The van der Waals surface area contributed by atoms with Crippen molar-refractivity contribution in [1.82, 2.24) is 0 Å². The molecule has 0 amide bonds. The third-order valence-corrected chi connectivity index (χ3v) is 5.87. The molecular formula is C20H32O2. The molecule has 0 saturated heterocycles. The van der Waals surface area contributed by atoms with Crippen LogP contribution in [0.1, 0.15) is 60.3 Å². The van der Waals surface area contributed by atoms with E-state index in [0.717, 1.165) is 30.4 Å². The zero-order valence-corrected chi connectivity index (χ0v) is 14.8. The van der Waals surface area contributed by atoms with E-state index < -0.39 is 12.2 Å². The normalized spacial score (nSPS) is 41.8. The summed E-state index contributed by atoms with van der Waals surface area (Å²) in [5.41, 5.74) is 3.43. The van der Waals surface area contributed by atoms with Gasteiger partial charge in [-0.1, -0.05) is 44.6 Å². The Hall–Kier alpha value is -0.860. The molecule has 0 bridgehead atoms. The molecule has 0 spiro atoms. The predicted octanol–water partition coefficient (Wildman–Crippen LogP) is 4.39. The van der Waals surface area contributed by atoms with Gasteiger partial charge in [0.15, 0.2) is 0 Å². The van der Waals surface area contributed by atoms with Gasteiger partial charge < -0.3 is 10.2 Å². The Bertz CT molecular complexity index is 498. The van der Waals surface area contributed by atoms with E-state index in [9.17, 15) is 10.2 Å². The first-order valence-corrected chi connectivity index (χ1v) is 8.66. The lowest BCUT2D eigenvalue weighted by Crippen LogP contribution is -2.33. The van der Waals surface area contributed by atoms with E-state index in [0.29, 0.717) is 18.3 Å². The van der Waals surface area contributed by atoms with Gasteiger partial charge in [0, 0.05) is 0 Å². The number of aliphatic hydroxyl groups is 2. The fraction of sp³-hybridized carbons (Fsp3) is 0.700. The van der Waals surface area contributed by atoms with E-state index in [1.54, 1.807) is 0 Å². The van der Waals surface area contributed by atoms with Gasteiger partial charge in [-0.15, -0.1) is 0 Å². The average Bonchev–Trinajstić information content (AvgIpc) is 2.79. The molecule has 0 unspecified atom stereocenters. The molecule has 0 fully saturated rings. The lowest BCUT2D eigenvalue weighted by Gasteiger charge is -2.39. The molecule has 2 N–H and O–H groups in total. The fourth-order valence-electron chi connectivity index (χ4n) is 4.26. The highest BCUT2D eigenvalue weighted by Crippen LogP contribution is 2.52. The molecule has 0 aliphatic heterocycles. The van der Waals surface area contributed by atoms with Gasteiger partial charge in [-0.05, 0) is 67.9 Å². The van der Waals surface area contributed by atoms with Crippen LogP contribution in [0.3, 0.4) is 0 Å². The minimum absolute atomic E-state index is 0.0504. The molecule has 0 saturated carbocycles. The molecule has 0 radical (unpaired) electrons. The average molecular weight is 304 g/mol. The first-order chi connectivity index (χ1) is 10.3. The summed E-state index contributed by atoms with van der Waals surface area (Å²) in [6, 6.07) is 0. The van der Waals surface area contributed by atoms with E-state index >= 15 is 0 Å². The molecule has 0 heterocycles. The van der Waals surface area contributed by atoms with Crippen LogP contribution in [0.5, 0.6) is 0 Å². The first kappa shape index (κ1) is 17.5. The third-order valence-electron chi connectivity index (χ3n) is 5.87. The summed E-state index contributed by atoms with van der Waals surface area (Å²) < 4.78 is 0. The Morgan fingerprint density at radius 3 is 2.45 bits per heavy atom. The first-order valence-electron chi connectivity index (χ1n) is 8.66. The van der Waals surface area contributed by atoms with E-state index in [1.807, 2.05) is 13.0 Å². The molecule has 2 aliphatic rings. The van der Waals surface area contributed by atoms with Gasteiger partial charge in [0.1, 0.15) is 0 Å². The van der Waals surface area contributed by atoms with Crippen LogP contribution in [0.2, 0.25) is 0 Å². The Kier molecular flexibility index (Phi) is 5.34. The van der Waals surface area contributed by atoms with Crippen LogP contribution in [0.15, 0.2) is 34.9 Å². The SMILES string of the molecule is C/C1=C\C[C@@H](O)/C(C)=C/[C@@H](O)C2=CC[C@@H](C(C)C)[C@]2(C)CC1. The lowest BCUT2D eigenvalue weighted by atomic mass is 9.66. The number of allylic oxidation sites excluding steroid dienone is 2. The van der Waals surface area contributed by atoms with Crippen molar-refractivity contribution in [2.45, 2.75) is 72.5 Å². The van der Waals surface area contributed by atoms with Crippen LogP contribution in [-0.4, -0.2) is 22.4 Å². The zero-order chi connectivity index (χ0) is 16.5. The quantitative estimate of drug-likeness (QED) is 0.705. The van der Waals surface area contributed by atoms with Crippen molar-refractivity contribution in [1.29, 1.82) is 0 Å². The van der Waals surface area contributed by atoms with Gasteiger partial charge in [0.2, 0.25) is 0 Å². The molecule has 2 aliphatic carbocycles. The number of rotatable bonds is 1. The van der Waals surface area contributed by atoms with E-state index in [4.69, 9.17) is 0 Å². The second-order valence-corrected chi connectivity index (χ2v) is 7.82. The lowest BCUT2D eigenvalue weighted by molar-refractivity contribution is 0.145. The highest BCUT2D eigenvalue weighted by Gasteiger charge is 2.44. The molecule has 0 aromatic heterocycles. The monoisotopic (exact) mass is 304 g/mol. The number of aliphatic hydroxyl groups excluding tert-OH is 2. The zero-order valence-electron chi connectivity index (χ0n) is 14.8. The topological polar surface area (TPSA) is 40.5 Å². The summed E-state index contributed by atoms with van der Waals surface area (Å²) in [6.07, 6.45) is 9.02. The molecule has 4 atom stereocenters. The Morgan fingerprint density at radius 1 is 1.14 bits per heavy atom. The predicted molar refractivity (Wildman–Crippen MR) is 92.5 cm³/mol.